The van der Waals surface area contributed by atoms with Crippen LogP contribution in [0.1, 0.15) is 11.7 Å². The van der Waals surface area contributed by atoms with Crippen LogP contribution in [0.2, 0.25) is 0 Å². The van der Waals surface area contributed by atoms with E-state index in [1.807, 2.05) is 10.8 Å². The molecule has 0 aromatic carbocycles. The zero-order valence-electron chi connectivity index (χ0n) is 9.73. The molecular formula is C11H12F2N4OS. The molecule has 19 heavy (non-hydrogen) atoms. The standard InChI is InChI=1S/C11H12F2N4OS/c12-7-3-8(13)11(17-14)16-10(7)15-4-9(18)6-1-2-19-5-6/h1-3,5,9,18H,4,14H2,(H2,15,16,17). The van der Waals surface area contributed by atoms with E-state index in [-0.39, 0.29) is 18.2 Å². The van der Waals surface area contributed by atoms with Crippen LogP contribution >= 0.6 is 11.3 Å². The van der Waals surface area contributed by atoms with Crippen molar-refractivity contribution in [3.05, 3.63) is 40.1 Å². The smallest absolute Gasteiger partial charge is 0.178 e. The minimum absolute atomic E-state index is 0.0519. The molecule has 0 bridgehead atoms. The third kappa shape index (κ3) is 3.16. The molecule has 0 saturated heterocycles. The second kappa shape index (κ2) is 5.91. The Bertz CT molecular complexity index is 550. The summed E-state index contributed by atoms with van der Waals surface area (Å²) in [6.07, 6.45) is -0.799. The van der Waals surface area contributed by atoms with Gasteiger partial charge in [0.15, 0.2) is 23.3 Å². The number of nitrogen functional groups attached to an aromatic ring is 1. The van der Waals surface area contributed by atoms with E-state index < -0.39 is 17.7 Å². The summed E-state index contributed by atoms with van der Waals surface area (Å²) in [6, 6.07) is 2.43. The van der Waals surface area contributed by atoms with Crippen molar-refractivity contribution in [1.82, 2.24) is 4.98 Å². The molecule has 0 aliphatic carbocycles. The summed E-state index contributed by atoms with van der Waals surface area (Å²) < 4.78 is 26.6. The van der Waals surface area contributed by atoms with E-state index in [0.29, 0.717) is 6.07 Å². The van der Waals surface area contributed by atoms with Crippen LogP contribution in [0.4, 0.5) is 20.4 Å². The Morgan fingerprint density at radius 3 is 2.74 bits per heavy atom. The van der Waals surface area contributed by atoms with Crippen LogP contribution in [0.25, 0.3) is 0 Å². The number of pyridine rings is 1. The van der Waals surface area contributed by atoms with E-state index in [1.54, 1.807) is 11.4 Å². The Balaban J connectivity index is 2.07. The monoisotopic (exact) mass is 286 g/mol. The van der Waals surface area contributed by atoms with Gasteiger partial charge in [-0.05, 0) is 22.4 Å². The first-order chi connectivity index (χ1) is 9.11. The van der Waals surface area contributed by atoms with Crippen molar-refractivity contribution in [2.75, 3.05) is 17.3 Å². The van der Waals surface area contributed by atoms with Crippen molar-refractivity contribution in [3.8, 4) is 0 Å². The van der Waals surface area contributed by atoms with Gasteiger partial charge in [0.2, 0.25) is 0 Å². The Morgan fingerprint density at radius 1 is 1.37 bits per heavy atom. The summed E-state index contributed by atoms with van der Waals surface area (Å²) in [5.41, 5.74) is 2.74. The minimum atomic E-state index is -0.885. The molecule has 2 heterocycles. The maximum atomic E-state index is 13.4. The van der Waals surface area contributed by atoms with Crippen molar-refractivity contribution in [2.45, 2.75) is 6.10 Å². The van der Waals surface area contributed by atoms with E-state index in [4.69, 9.17) is 5.84 Å². The van der Waals surface area contributed by atoms with Crippen molar-refractivity contribution < 1.29 is 13.9 Å². The highest BCUT2D eigenvalue weighted by Gasteiger charge is 2.13. The van der Waals surface area contributed by atoms with Gasteiger partial charge in [-0.1, -0.05) is 0 Å². The first kappa shape index (κ1) is 13.7. The van der Waals surface area contributed by atoms with E-state index in [1.165, 1.54) is 11.3 Å². The molecule has 2 aromatic heterocycles. The zero-order valence-corrected chi connectivity index (χ0v) is 10.5. The lowest BCUT2D eigenvalue weighted by atomic mass is 10.2. The van der Waals surface area contributed by atoms with Crippen LogP contribution in [0, 0.1) is 11.6 Å². The van der Waals surface area contributed by atoms with E-state index >= 15 is 0 Å². The van der Waals surface area contributed by atoms with E-state index in [0.717, 1.165) is 5.56 Å². The Labute approximate surface area is 112 Å². The van der Waals surface area contributed by atoms with Crippen LogP contribution in [0.15, 0.2) is 22.9 Å². The molecule has 102 valence electrons. The highest BCUT2D eigenvalue weighted by atomic mass is 32.1. The maximum absolute atomic E-state index is 13.4. The summed E-state index contributed by atoms with van der Waals surface area (Å²) in [6.45, 7) is 0.0519. The van der Waals surface area contributed by atoms with Crippen LogP contribution in [-0.4, -0.2) is 16.6 Å². The number of hydrogen-bond acceptors (Lipinski definition) is 6. The van der Waals surface area contributed by atoms with Gasteiger partial charge in [0.25, 0.3) is 0 Å². The fourth-order valence-corrected chi connectivity index (χ4v) is 2.17. The number of nitrogens with zero attached hydrogens (tertiary/aromatic N) is 1. The summed E-state index contributed by atoms with van der Waals surface area (Å²) in [4.78, 5) is 3.64. The number of hydrazine groups is 1. The van der Waals surface area contributed by atoms with Crippen molar-refractivity contribution in [2.24, 2.45) is 5.84 Å². The number of halogens is 2. The number of hydrogen-bond donors (Lipinski definition) is 4. The molecule has 5 nitrogen and oxygen atoms in total. The molecule has 2 rings (SSSR count). The van der Waals surface area contributed by atoms with Gasteiger partial charge in [0, 0.05) is 12.6 Å². The fourth-order valence-electron chi connectivity index (χ4n) is 1.47. The summed E-state index contributed by atoms with van der Waals surface area (Å²) in [7, 11) is 0. The molecule has 5 N–H and O–H groups in total. The highest BCUT2D eigenvalue weighted by Crippen LogP contribution is 2.20. The van der Waals surface area contributed by atoms with Crippen LogP contribution in [-0.2, 0) is 0 Å². The molecule has 8 heteroatoms. The zero-order chi connectivity index (χ0) is 13.8. The maximum Gasteiger partial charge on any atom is 0.178 e. The number of aliphatic hydroxyl groups excluding tert-OH is 1. The number of thiophene rings is 1. The fraction of sp³-hybridized carbons (Fsp3) is 0.182. The number of rotatable bonds is 5. The molecule has 0 fully saturated rings. The first-order valence-corrected chi connectivity index (χ1v) is 6.32. The second-order valence-electron chi connectivity index (χ2n) is 3.75. The third-order valence-electron chi connectivity index (χ3n) is 2.46. The average Bonchev–Trinajstić information content (AvgIpc) is 2.91. The lowest BCUT2D eigenvalue weighted by Gasteiger charge is -2.12. The molecule has 0 aliphatic rings. The lowest BCUT2D eigenvalue weighted by molar-refractivity contribution is 0.192. The van der Waals surface area contributed by atoms with Crippen LogP contribution in [0.5, 0.6) is 0 Å². The predicted molar refractivity (Wildman–Crippen MR) is 69.7 cm³/mol. The van der Waals surface area contributed by atoms with Crippen LogP contribution in [0.3, 0.4) is 0 Å². The number of anilines is 2. The van der Waals surface area contributed by atoms with Gasteiger partial charge in [0.05, 0.1) is 6.10 Å². The molecule has 2 aromatic rings. The second-order valence-corrected chi connectivity index (χ2v) is 4.53. The van der Waals surface area contributed by atoms with Gasteiger partial charge < -0.3 is 15.8 Å². The number of nitrogens with two attached hydrogens (primary N) is 1. The molecule has 0 radical (unpaired) electrons. The van der Waals surface area contributed by atoms with Gasteiger partial charge in [-0.3, -0.25) is 0 Å². The molecule has 0 amide bonds. The molecule has 1 atom stereocenters. The SMILES string of the molecule is NNc1nc(NCC(O)c2ccsc2)c(F)cc1F. The summed E-state index contributed by atoms with van der Waals surface area (Å²) in [5.74, 6) is 2.87. The predicted octanol–water partition coefficient (Wildman–Crippen LogP) is 1.85. The molecular weight excluding hydrogens is 274 g/mol. The molecule has 1 unspecified atom stereocenters. The molecule has 0 spiro atoms. The highest BCUT2D eigenvalue weighted by molar-refractivity contribution is 7.07. The van der Waals surface area contributed by atoms with Crippen molar-refractivity contribution in [1.29, 1.82) is 0 Å². The topological polar surface area (TPSA) is 83.2 Å². The van der Waals surface area contributed by atoms with Gasteiger partial charge in [0.1, 0.15) is 0 Å². The van der Waals surface area contributed by atoms with Gasteiger partial charge in [-0.2, -0.15) is 11.3 Å². The minimum Gasteiger partial charge on any atom is -0.387 e. The van der Waals surface area contributed by atoms with Gasteiger partial charge >= 0.3 is 0 Å². The summed E-state index contributed by atoms with van der Waals surface area (Å²) >= 11 is 1.45. The largest absolute Gasteiger partial charge is 0.387 e. The molecule has 0 saturated carbocycles. The Morgan fingerprint density at radius 2 is 2.11 bits per heavy atom. The number of aromatic nitrogens is 1. The van der Waals surface area contributed by atoms with E-state index in [2.05, 4.69) is 10.3 Å². The molecule has 0 aliphatic heterocycles. The van der Waals surface area contributed by atoms with E-state index in [9.17, 15) is 13.9 Å². The van der Waals surface area contributed by atoms with Crippen molar-refractivity contribution in [3.63, 3.8) is 0 Å². The van der Waals surface area contributed by atoms with Crippen molar-refractivity contribution >= 4 is 23.0 Å². The Kier molecular flexibility index (Phi) is 4.25. The lowest BCUT2D eigenvalue weighted by Crippen LogP contribution is -2.16. The quantitative estimate of drug-likeness (QED) is 0.498. The summed E-state index contributed by atoms with van der Waals surface area (Å²) in [5, 5.41) is 16.0. The first-order valence-electron chi connectivity index (χ1n) is 5.38. The average molecular weight is 286 g/mol. The van der Waals surface area contributed by atoms with Crippen LogP contribution < -0.4 is 16.6 Å². The number of aliphatic hydroxyl groups is 1. The van der Waals surface area contributed by atoms with Gasteiger partial charge in [-0.25, -0.2) is 19.6 Å². The Hall–Kier alpha value is -1.77. The van der Waals surface area contributed by atoms with Gasteiger partial charge in [-0.15, -0.1) is 0 Å². The third-order valence-corrected chi connectivity index (χ3v) is 3.16. The normalized spacial score (nSPS) is 12.2. The number of nitrogens with one attached hydrogen (secondary N) is 2.